The van der Waals surface area contributed by atoms with Crippen molar-refractivity contribution < 1.29 is 27.1 Å². The Morgan fingerprint density at radius 1 is 0.939 bits per heavy atom. The number of halogens is 1. The number of benzene rings is 3. The quantitative estimate of drug-likeness (QED) is 0.457. The molecular weight excluding hydrogens is 447 g/mol. The standard InChI is InChI=1S/C24H25FN2O5S/c1-18-3-13-23(14-4-18)33(29,30)27(20-7-5-19(25)6-8-20)17-24(28)26-15-16-32-22-11-9-21(31-2)10-12-22/h3-14H,15-17H2,1-2H3,(H,26,28). The minimum atomic E-state index is -4.05. The second-order valence-corrected chi connectivity index (χ2v) is 9.04. The number of anilines is 1. The molecule has 0 aliphatic rings. The predicted octanol–water partition coefficient (Wildman–Crippen LogP) is 3.53. The van der Waals surface area contributed by atoms with Crippen molar-refractivity contribution in [3.05, 3.63) is 84.2 Å². The molecule has 0 aromatic heterocycles. The third kappa shape index (κ3) is 6.45. The van der Waals surface area contributed by atoms with Crippen molar-refractivity contribution in [1.82, 2.24) is 5.32 Å². The number of rotatable bonds is 10. The zero-order valence-corrected chi connectivity index (χ0v) is 19.1. The molecule has 0 radical (unpaired) electrons. The lowest BCUT2D eigenvalue weighted by Gasteiger charge is -2.24. The monoisotopic (exact) mass is 472 g/mol. The molecule has 0 fully saturated rings. The van der Waals surface area contributed by atoms with Crippen molar-refractivity contribution in [2.75, 3.05) is 31.1 Å². The van der Waals surface area contributed by atoms with Crippen LogP contribution in [0.25, 0.3) is 0 Å². The van der Waals surface area contributed by atoms with Crippen LogP contribution >= 0.6 is 0 Å². The summed E-state index contributed by atoms with van der Waals surface area (Å²) in [6.07, 6.45) is 0. The average molecular weight is 473 g/mol. The lowest BCUT2D eigenvalue weighted by molar-refractivity contribution is -0.119. The summed E-state index contributed by atoms with van der Waals surface area (Å²) in [5, 5.41) is 2.65. The van der Waals surface area contributed by atoms with Crippen LogP contribution in [0, 0.1) is 12.7 Å². The van der Waals surface area contributed by atoms with Gasteiger partial charge in [-0.3, -0.25) is 9.10 Å². The predicted molar refractivity (Wildman–Crippen MR) is 124 cm³/mol. The van der Waals surface area contributed by atoms with E-state index in [4.69, 9.17) is 9.47 Å². The Hall–Kier alpha value is -3.59. The van der Waals surface area contributed by atoms with Gasteiger partial charge in [0.05, 0.1) is 24.2 Å². The highest BCUT2D eigenvalue weighted by atomic mass is 32.2. The third-order valence-corrected chi connectivity index (χ3v) is 6.55. The molecule has 1 N–H and O–H groups in total. The fourth-order valence-electron chi connectivity index (χ4n) is 2.98. The Morgan fingerprint density at radius 2 is 1.55 bits per heavy atom. The number of nitrogens with zero attached hydrogens (tertiary/aromatic N) is 1. The average Bonchev–Trinajstić information content (AvgIpc) is 2.81. The zero-order chi connectivity index (χ0) is 23.8. The van der Waals surface area contributed by atoms with Gasteiger partial charge in [0.15, 0.2) is 0 Å². The van der Waals surface area contributed by atoms with Gasteiger partial charge >= 0.3 is 0 Å². The van der Waals surface area contributed by atoms with Crippen molar-refractivity contribution in [1.29, 1.82) is 0 Å². The SMILES string of the molecule is COc1ccc(OCCNC(=O)CN(c2ccc(F)cc2)S(=O)(=O)c2ccc(C)cc2)cc1. The summed E-state index contributed by atoms with van der Waals surface area (Å²) in [5.41, 5.74) is 1.08. The van der Waals surface area contributed by atoms with Crippen molar-refractivity contribution >= 4 is 21.6 Å². The number of hydrogen-bond acceptors (Lipinski definition) is 5. The number of ether oxygens (including phenoxy) is 2. The van der Waals surface area contributed by atoms with Crippen LogP contribution in [0.1, 0.15) is 5.56 Å². The molecule has 0 heterocycles. The smallest absolute Gasteiger partial charge is 0.264 e. The third-order valence-electron chi connectivity index (χ3n) is 4.76. The fourth-order valence-corrected chi connectivity index (χ4v) is 4.40. The molecule has 174 valence electrons. The number of aryl methyl sites for hydroxylation is 1. The van der Waals surface area contributed by atoms with Crippen LogP contribution in [-0.4, -0.2) is 41.1 Å². The minimum Gasteiger partial charge on any atom is -0.497 e. The molecule has 0 bridgehead atoms. The Bertz CT molecular complexity index is 1160. The van der Waals surface area contributed by atoms with Crippen LogP contribution in [0.5, 0.6) is 11.5 Å². The Morgan fingerprint density at radius 3 is 2.15 bits per heavy atom. The molecule has 3 aromatic rings. The first kappa shape index (κ1) is 24.1. The van der Waals surface area contributed by atoms with Gasteiger partial charge in [0.25, 0.3) is 10.0 Å². The van der Waals surface area contributed by atoms with Crippen molar-refractivity contribution in [2.45, 2.75) is 11.8 Å². The normalized spacial score (nSPS) is 11.0. The number of hydrogen-bond donors (Lipinski definition) is 1. The van der Waals surface area contributed by atoms with E-state index in [2.05, 4.69) is 5.32 Å². The van der Waals surface area contributed by atoms with Crippen molar-refractivity contribution in [3.8, 4) is 11.5 Å². The molecule has 3 aromatic carbocycles. The van der Waals surface area contributed by atoms with Gasteiger partial charge in [-0.2, -0.15) is 0 Å². The lowest BCUT2D eigenvalue weighted by Crippen LogP contribution is -2.41. The lowest BCUT2D eigenvalue weighted by atomic mass is 10.2. The topological polar surface area (TPSA) is 84.9 Å². The van der Waals surface area contributed by atoms with E-state index in [-0.39, 0.29) is 23.7 Å². The molecule has 9 heteroatoms. The van der Waals surface area contributed by atoms with E-state index < -0.39 is 28.3 Å². The second-order valence-electron chi connectivity index (χ2n) is 7.18. The van der Waals surface area contributed by atoms with Gasteiger partial charge in [-0.25, -0.2) is 12.8 Å². The van der Waals surface area contributed by atoms with E-state index >= 15 is 0 Å². The Labute approximate surface area is 192 Å². The van der Waals surface area contributed by atoms with Crippen LogP contribution in [0.15, 0.2) is 77.7 Å². The molecule has 3 rings (SSSR count). The molecule has 0 atom stereocenters. The molecule has 0 saturated heterocycles. The fraction of sp³-hybridized carbons (Fsp3) is 0.208. The second kappa shape index (κ2) is 10.8. The summed E-state index contributed by atoms with van der Waals surface area (Å²) in [7, 11) is -2.48. The van der Waals surface area contributed by atoms with Crippen LogP contribution < -0.4 is 19.1 Å². The Balaban J connectivity index is 1.67. The number of sulfonamides is 1. The van der Waals surface area contributed by atoms with E-state index in [0.717, 1.165) is 22.0 Å². The van der Waals surface area contributed by atoms with Crippen LogP contribution in [0.2, 0.25) is 0 Å². The first-order valence-corrected chi connectivity index (χ1v) is 11.6. The molecule has 0 spiro atoms. The molecule has 0 aliphatic carbocycles. The number of nitrogens with one attached hydrogen (secondary N) is 1. The summed E-state index contributed by atoms with van der Waals surface area (Å²) >= 11 is 0. The van der Waals surface area contributed by atoms with Gasteiger partial charge in [0, 0.05) is 0 Å². The van der Waals surface area contributed by atoms with Gasteiger partial charge in [-0.1, -0.05) is 17.7 Å². The molecule has 0 saturated carbocycles. The minimum absolute atomic E-state index is 0.0352. The van der Waals surface area contributed by atoms with Crippen LogP contribution in [0.3, 0.4) is 0 Å². The van der Waals surface area contributed by atoms with E-state index in [0.29, 0.717) is 11.5 Å². The molecule has 0 unspecified atom stereocenters. The van der Waals surface area contributed by atoms with Gasteiger partial charge in [-0.15, -0.1) is 0 Å². The summed E-state index contributed by atoms with van der Waals surface area (Å²) < 4.78 is 51.5. The largest absolute Gasteiger partial charge is 0.497 e. The number of amides is 1. The van der Waals surface area contributed by atoms with E-state index in [1.54, 1.807) is 43.5 Å². The number of carbonyl (C=O) groups excluding carboxylic acids is 1. The summed E-state index contributed by atoms with van der Waals surface area (Å²) in [6, 6.07) is 18.2. The zero-order valence-electron chi connectivity index (χ0n) is 18.3. The maximum Gasteiger partial charge on any atom is 0.264 e. The first-order valence-electron chi connectivity index (χ1n) is 10.2. The highest BCUT2D eigenvalue weighted by Gasteiger charge is 2.27. The van der Waals surface area contributed by atoms with Gasteiger partial charge < -0.3 is 14.8 Å². The summed E-state index contributed by atoms with van der Waals surface area (Å²) in [5.74, 6) is 0.283. The van der Waals surface area contributed by atoms with Crippen LogP contribution in [-0.2, 0) is 14.8 Å². The van der Waals surface area contributed by atoms with Crippen molar-refractivity contribution in [3.63, 3.8) is 0 Å². The van der Waals surface area contributed by atoms with Crippen molar-refractivity contribution in [2.24, 2.45) is 0 Å². The maximum atomic E-state index is 13.4. The first-order chi connectivity index (χ1) is 15.8. The maximum absolute atomic E-state index is 13.4. The molecule has 33 heavy (non-hydrogen) atoms. The van der Waals surface area contributed by atoms with Crippen LogP contribution in [0.4, 0.5) is 10.1 Å². The van der Waals surface area contributed by atoms with E-state index in [1.807, 2.05) is 6.92 Å². The molecule has 7 nitrogen and oxygen atoms in total. The Kier molecular flexibility index (Phi) is 7.89. The molecule has 0 aliphatic heterocycles. The number of carbonyl (C=O) groups is 1. The summed E-state index contributed by atoms with van der Waals surface area (Å²) in [6.45, 7) is 1.74. The molecular formula is C24H25FN2O5S. The highest BCUT2D eigenvalue weighted by molar-refractivity contribution is 7.92. The molecule has 1 amide bonds. The highest BCUT2D eigenvalue weighted by Crippen LogP contribution is 2.24. The van der Waals surface area contributed by atoms with E-state index in [9.17, 15) is 17.6 Å². The van der Waals surface area contributed by atoms with Gasteiger partial charge in [-0.05, 0) is 67.6 Å². The number of methoxy groups -OCH3 is 1. The summed E-state index contributed by atoms with van der Waals surface area (Å²) in [4.78, 5) is 12.6. The van der Waals surface area contributed by atoms with E-state index in [1.165, 1.54) is 24.3 Å². The van der Waals surface area contributed by atoms with Gasteiger partial charge in [0.1, 0.15) is 30.5 Å². The van der Waals surface area contributed by atoms with Gasteiger partial charge in [0.2, 0.25) is 5.91 Å².